The molecule has 0 radical (unpaired) electrons. The second kappa shape index (κ2) is 5.67. The van der Waals surface area contributed by atoms with Crippen molar-refractivity contribution in [3.8, 4) is 0 Å². The molecule has 1 rings (SSSR count). The number of alkyl halides is 3. The van der Waals surface area contributed by atoms with Crippen LogP contribution in [0.5, 0.6) is 0 Å². The van der Waals surface area contributed by atoms with Crippen LogP contribution >= 0.6 is 0 Å². The summed E-state index contributed by atoms with van der Waals surface area (Å²) >= 11 is 0. The first-order valence-corrected chi connectivity index (χ1v) is 6.57. The van der Waals surface area contributed by atoms with Gasteiger partial charge in [0, 0.05) is 12.6 Å². The summed E-state index contributed by atoms with van der Waals surface area (Å²) in [4.78, 5) is 6.92. The van der Waals surface area contributed by atoms with Crippen LogP contribution in [0, 0.1) is 0 Å². The Bertz CT molecular complexity index is 495. The fourth-order valence-electron chi connectivity index (χ4n) is 1.38. The molecule has 0 aromatic carbocycles. The van der Waals surface area contributed by atoms with E-state index in [1.54, 1.807) is 34.6 Å². The lowest BCUT2D eigenvalue weighted by Gasteiger charge is -2.38. The first-order chi connectivity index (χ1) is 9.37. The lowest BCUT2D eigenvalue weighted by molar-refractivity contribution is -0.144. The molecule has 0 saturated carbocycles. The van der Waals surface area contributed by atoms with Crippen molar-refractivity contribution >= 4 is 11.6 Å². The third kappa shape index (κ3) is 4.45. The second-order valence-electron chi connectivity index (χ2n) is 5.80. The lowest BCUT2D eigenvalue weighted by atomic mass is 9.86. The Hall–Kier alpha value is -1.57. The monoisotopic (exact) mass is 306 g/mol. The van der Waals surface area contributed by atoms with Gasteiger partial charge < -0.3 is 15.7 Å². The van der Waals surface area contributed by atoms with Crippen molar-refractivity contribution < 1.29 is 18.3 Å². The molecule has 0 saturated heterocycles. The van der Waals surface area contributed by atoms with E-state index in [4.69, 9.17) is 0 Å². The van der Waals surface area contributed by atoms with Gasteiger partial charge in [-0.1, -0.05) is 0 Å². The molecule has 3 N–H and O–H groups in total. The molecule has 0 fully saturated rings. The van der Waals surface area contributed by atoms with Crippen LogP contribution in [0.3, 0.4) is 0 Å². The summed E-state index contributed by atoms with van der Waals surface area (Å²) in [7, 11) is 0. The average molecular weight is 306 g/mol. The predicted molar refractivity (Wildman–Crippen MR) is 75.2 cm³/mol. The third-order valence-corrected chi connectivity index (χ3v) is 3.31. The first kappa shape index (κ1) is 17.5. The van der Waals surface area contributed by atoms with Crippen LogP contribution in [0.2, 0.25) is 0 Å². The van der Waals surface area contributed by atoms with Crippen LogP contribution in [0.15, 0.2) is 6.07 Å². The highest BCUT2D eigenvalue weighted by atomic mass is 19.4. The number of hydrogen-bond donors (Lipinski definition) is 3. The topological polar surface area (TPSA) is 70.1 Å². The molecule has 1 heterocycles. The van der Waals surface area contributed by atoms with Gasteiger partial charge >= 0.3 is 6.18 Å². The van der Waals surface area contributed by atoms with E-state index in [2.05, 4.69) is 20.6 Å². The summed E-state index contributed by atoms with van der Waals surface area (Å²) in [6, 6.07) is 1.38. The normalized spacial score (nSPS) is 13.2. The van der Waals surface area contributed by atoms with Crippen LogP contribution in [0.1, 0.15) is 40.4 Å². The van der Waals surface area contributed by atoms with Crippen molar-refractivity contribution in [1.82, 2.24) is 9.97 Å². The van der Waals surface area contributed by atoms with Crippen molar-refractivity contribution in [2.24, 2.45) is 0 Å². The summed E-state index contributed by atoms with van der Waals surface area (Å²) < 4.78 is 38.5. The highest BCUT2D eigenvalue weighted by Gasteiger charge is 2.38. The largest absolute Gasteiger partial charge is 0.451 e. The molecule has 0 aliphatic heterocycles. The maximum atomic E-state index is 12.8. The minimum absolute atomic E-state index is 0.000370. The minimum atomic E-state index is -4.64. The van der Waals surface area contributed by atoms with E-state index in [0.29, 0.717) is 6.54 Å². The third-order valence-electron chi connectivity index (χ3n) is 3.31. The number of anilines is 2. The maximum absolute atomic E-state index is 12.8. The van der Waals surface area contributed by atoms with E-state index in [-0.39, 0.29) is 11.6 Å². The Labute approximate surface area is 122 Å². The van der Waals surface area contributed by atoms with Gasteiger partial charge in [-0.15, -0.1) is 0 Å². The van der Waals surface area contributed by atoms with Crippen molar-refractivity contribution in [1.29, 1.82) is 0 Å². The zero-order valence-corrected chi connectivity index (χ0v) is 12.8. The summed E-state index contributed by atoms with van der Waals surface area (Å²) in [5, 5.41) is 15.6. The molecule has 0 unspecified atom stereocenters. The van der Waals surface area contributed by atoms with E-state index in [9.17, 15) is 18.3 Å². The van der Waals surface area contributed by atoms with Crippen LogP contribution in [-0.2, 0) is 6.18 Å². The number of aliphatic hydroxyl groups is 1. The Balaban J connectivity index is 3.21. The zero-order chi connectivity index (χ0) is 16.5. The molecule has 0 atom stereocenters. The number of nitrogens with one attached hydrogen (secondary N) is 2. The van der Waals surface area contributed by atoms with E-state index in [0.717, 1.165) is 0 Å². The van der Waals surface area contributed by atoms with Gasteiger partial charge in [-0.05, 0) is 34.6 Å². The fraction of sp³-hybridized carbons (Fsp3) is 0.692. The molecule has 21 heavy (non-hydrogen) atoms. The van der Waals surface area contributed by atoms with Gasteiger partial charge in [0.2, 0.25) is 5.82 Å². The molecule has 0 amide bonds. The number of hydrogen-bond acceptors (Lipinski definition) is 5. The molecule has 5 nitrogen and oxygen atoms in total. The van der Waals surface area contributed by atoms with E-state index < -0.39 is 23.1 Å². The standard InChI is InChI=1S/C13H21F3N4O/c1-6-17-8-7-9(19-10(18-8)13(14,15)16)20-11(2,3)12(4,5)21/h7,21H,6H2,1-5H3,(H2,17,18,19,20). The summed E-state index contributed by atoms with van der Waals surface area (Å²) in [5.74, 6) is -1.15. The van der Waals surface area contributed by atoms with Crippen molar-refractivity contribution in [3.63, 3.8) is 0 Å². The maximum Gasteiger partial charge on any atom is 0.451 e. The van der Waals surface area contributed by atoms with E-state index in [1.807, 2.05) is 0 Å². The molecular weight excluding hydrogens is 285 g/mol. The molecule has 1 aromatic rings. The smallest absolute Gasteiger partial charge is 0.388 e. The van der Waals surface area contributed by atoms with Crippen LogP contribution in [0.4, 0.5) is 24.8 Å². The molecule has 0 aliphatic carbocycles. The van der Waals surface area contributed by atoms with Gasteiger partial charge in [0.1, 0.15) is 11.6 Å². The van der Waals surface area contributed by atoms with Gasteiger partial charge in [0.05, 0.1) is 11.1 Å². The van der Waals surface area contributed by atoms with Crippen LogP contribution in [-0.4, -0.2) is 32.8 Å². The minimum Gasteiger partial charge on any atom is -0.388 e. The Kier molecular flexibility index (Phi) is 4.72. The van der Waals surface area contributed by atoms with E-state index >= 15 is 0 Å². The zero-order valence-electron chi connectivity index (χ0n) is 12.8. The highest BCUT2D eigenvalue weighted by molar-refractivity contribution is 5.49. The SMILES string of the molecule is CCNc1cc(NC(C)(C)C(C)(C)O)nc(C(F)(F)F)n1. The highest BCUT2D eigenvalue weighted by Crippen LogP contribution is 2.30. The second-order valence-corrected chi connectivity index (χ2v) is 5.80. The van der Waals surface area contributed by atoms with Crippen molar-refractivity contribution in [2.75, 3.05) is 17.2 Å². The summed E-state index contributed by atoms with van der Waals surface area (Å²) in [5.41, 5.74) is -2.04. The van der Waals surface area contributed by atoms with Gasteiger partial charge in [-0.3, -0.25) is 0 Å². The van der Waals surface area contributed by atoms with Crippen molar-refractivity contribution in [2.45, 2.75) is 51.9 Å². The summed E-state index contributed by atoms with van der Waals surface area (Å²) in [6.07, 6.45) is -4.64. The molecule has 0 aliphatic rings. The van der Waals surface area contributed by atoms with Gasteiger partial charge in [0.25, 0.3) is 0 Å². The molecular formula is C13H21F3N4O. The number of aromatic nitrogens is 2. The number of nitrogens with zero attached hydrogens (tertiary/aromatic N) is 2. The molecule has 0 bridgehead atoms. The van der Waals surface area contributed by atoms with Crippen molar-refractivity contribution in [3.05, 3.63) is 11.9 Å². The molecule has 120 valence electrons. The average Bonchev–Trinajstić information content (AvgIpc) is 2.25. The Morgan fingerprint density at radius 1 is 1.10 bits per heavy atom. The fourth-order valence-corrected chi connectivity index (χ4v) is 1.38. The van der Waals surface area contributed by atoms with Crippen LogP contribution < -0.4 is 10.6 Å². The van der Waals surface area contributed by atoms with Gasteiger partial charge in [0.15, 0.2) is 0 Å². The Morgan fingerprint density at radius 3 is 2.05 bits per heavy atom. The molecule has 0 spiro atoms. The number of halogens is 3. The van der Waals surface area contributed by atoms with Gasteiger partial charge in [-0.2, -0.15) is 13.2 Å². The van der Waals surface area contributed by atoms with Gasteiger partial charge in [-0.25, -0.2) is 9.97 Å². The summed E-state index contributed by atoms with van der Waals surface area (Å²) in [6.45, 7) is 8.67. The number of rotatable bonds is 5. The van der Waals surface area contributed by atoms with Crippen LogP contribution in [0.25, 0.3) is 0 Å². The van der Waals surface area contributed by atoms with E-state index in [1.165, 1.54) is 6.07 Å². The molecule has 8 heteroatoms. The first-order valence-electron chi connectivity index (χ1n) is 6.57. The quantitative estimate of drug-likeness (QED) is 0.780. The molecule has 1 aromatic heterocycles. The predicted octanol–water partition coefficient (Wildman–Crippen LogP) is 2.89. The lowest BCUT2D eigenvalue weighted by Crippen LogP contribution is -2.51. The Morgan fingerprint density at radius 2 is 1.62 bits per heavy atom.